The topological polar surface area (TPSA) is 110 Å². The van der Waals surface area contributed by atoms with Crippen LogP contribution in [-0.2, 0) is 33.3 Å². The lowest BCUT2D eigenvalue weighted by atomic mass is 10.0. The van der Waals surface area contributed by atoms with Crippen LogP contribution in [0.15, 0.2) is 42.5 Å². The minimum absolute atomic E-state index is 0.174. The molecular weight excluding hydrogens is 721 g/mol. The molecular formula is C48H80O9. The van der Waals surface area contributed by atoms with E-state index < -0.39 is 5.97 Å². The van der Waals surface area contributed by atoms with Gasteiger partial charge < -0.3 is 33.5 Å². The van der Waals surface area contributed by atoms with Gasteiger partial charge >= 0.3 is 11.9 Å². The van der Waals surface area contributed by atoms with Crippen LogP contribution >= 0.6 is 0 Å². The normalized spacial score (nSPS) is 11.9. The van der Waals surface area contributed by atoms with Gasteiger partial charge in [0.1, 0.15) is 19.0 Å². The number of carbonyl (C=O) groups is 2. The fourth-order valence-electron chi connectivity index (χ4n) is 6.87. The number of aliphatic carboxylic acids is 1. The van der Waals surface area contributed by atoms with Gasteiger partial charge in [-0.25, -0.2) is 0 Å². The summed E-state index contributed by atoms with van der Waals surface area (Å²) in [6.07, 6.45) is 28.0. The molecule has 9 heteroatoms. The van der Waals surface area contributed by atoms with Crippen molar-refractivity contribution in [2.24, 2.45) is 0 Å². The van der Waals surface area contributed by atoms with Crippen LogP contribution in [0.5, 0.6) is 5.75 Å². The maximum Gasteiger partial charge on any atom is 0.305 e. The molecule has 0 radical (unpaired) electrons. The van der Waals surface area contributed by atoms with E-state index in [0.717, 1.165) is 56.3 Å². The SMILES string of the molecule is CCCCCCCCCCCCCCCCCCOCCOCCOC(CCOCCOc1ccc2ccccc2c1)COC(=O)CCCCCCCCC(=O)O. The first-order valence-electron chi connectivity index (χ1n) is 22.9. The smallest absolute Gasteiger partial charge is 0.305 e. The molecule has 0 aromatic heterocycles. The molecule has 0 bridgehead atoms. The van der Waals surface area contributed by atoms with Crippen molar-refractivity contribution in [3.05, 3.63) is 42.5 Å². The zero-order valence-electron chi connectivity index (χ0n) is 35.9. The number of hydrogen-bond acceptors (Lipinski definition) is 8. The van der Waals surface area contributed by atoms with E-state index in [1.54, 1.807) is 0 Å². The van der Waals surface area contributed by atoms with Crippen LogP contribution in [0.1, 0.15) is 167 Å². The van der Waals surface area contributed by atoms with E-state index in [2.05, 4.69) is 25.1 Å². The van der Waals surface area contributed by atoms with Gasteiger partial charge in [-0.1, -0.05) is 159 Å². The van der Waals surface area contributed by atoms with Gasteiger partial charge in [0.25, 0.3) is 0 Å². The minimum atomic E-state index is -0.745. The van der Waals surface area contributed by atoms with Gasteiger partial charge in [-0.05, 0) is 42.2 Å². The highest BCUT2D eigenvalue weighted by Crippen LogP contribution is 2.20. The molecule has 0 saturated heterocycles. The summed E-state index contributed by atoms with van der Waals surface area (Å²) < 4.78 is 34.9. The standard InChI is InChI=1S/C48H80O9/c1-2-3-4-5-6-7-8-9-10-11-12-13-14-17-20-25-33-52-35-36-54-38-40-56-46(42-57-48(51)29-22-19-16-15-18-21-28-47(49)50)32-34-53-37-39-55-45-31-30-43-26-23-24-27-44(43)41-45/h23-24,26-27,30-31,41,46H,2-22,25,28-29,32-40,42H2,1H3,(H,49,50). The number of hydrogen-bond donors (Lipinski definition) is 1. The lowest BCUT2D eigenvalue weighted by molar-refractivity contribution is -0.149. The molecule has 1 N–H and O–H groups in total. The van der Waals surface area contributed by atoms with Gasteiger partial charge in [0.05, 0.1) is 39.1 Å². The number of fused-ring (bicyclic) bond motifs is 1. The summed E-state index contributed by atoms with van der Waals surface area (Å²) in [5.41, 5.74) is 0. The van der Waals surface area contributed by atoms with Crippen molar-refractivity contribution >= 4 is 22.7 Å². The summed E-state index contributed by atoms with van der Waals surface area (Å²) in [6.45, 7) is 6.53. The summed E-state index contributed by atoms with van der Waals surface area (Å²) in [5, 5.41) is 11.1. The van der Waals surface area contributed by atoms with Crippen LogP contribution in [0.25, 0.3) is 10.8 Å². The summed E-state index contributed by atoms with van der Waals surface area (Å²) in [6, 6.07) is 14.3. The lowest BCUT2D eigenvalue weighted by Crippen LogP contribution is -2.26. The van der Waals surface area contributed by atoms with Gasteiger partial charge in [0.2, 0.25) is 0 Å². The van der Waals surface area contributed by atoms with Gasteiger partial charge in [-0.15, -0.1) is 0 Å². The molecule has 0 amide bonds. The van der Waals surface area contributed by atoms with E-state index in [4.69, 9.17) is 33.5 Å². The van der Waals surface area contributed by atoms with Gasteiger partial charge in [-0.2, -0.15) is 0 Å². The summed E-state index contributed by atoms with van der Waals surface area (Å²) >= 11 is 0. The van der Waals surface area contributed by atoms with Crippen molar-refractivity contribution in [1.82, 2.24) is 0 Å². The number of benzene rings is 2. The van der Waals surface area contributed by atoms with Crippen molar-refractivity contribution < 1.29 is 43.1 Å². The molecule has 57 heavy (non-hydrogen) atoms. The van der Waals surface area contributed by atoms with Crippen LogP contribution in [0.2, 0.25) is 0 Å². The quantitative estimate of drug-likeness (QED) is 0.0518. The minimum Gasteiger partial charge on any atom is -0.491 e. The molecule has 0 spiro atoms. The largest absolute Gasteiger partial charge is 0.491 e. The average molecular weight is 801 g/mol. The van der Waals surface area contributed by atoms with Crippen LogP contribution in [-0.4, -0.2) is 82.6 Å². The van der Waals surface area contributed by atoms with Crippen LogP contribution < -0.4 is 4.74 Å². The third-order valence-electron chi connectivity index (χ3n) is 10.3. The van der Waals surface area contributed by atoms with E-state index in [1.165, 1.54) is 102 Å². The van der Waals surface area contributed by atoms with Crippen LogP contribution in [0.3, 0.4) is 0 Å². The molecule has 2 aromatic carbocycles. The average Bonchev–Trinajstić information content (AvgIpc) is 3.21. The highest BCUT2D eigenvalue weighted by molar-refractivity contribution is 5.83. The predicted molar refractivity (Wildman–Crippen MR) is 231 cm³/mol. The highest BCUT2D eigenvalue weighted by Gasteiger charge is 2.13. The van der Waals surface area contributed by atoms with Crippen LogP contribution in [0, 0.1) is 0 Å². The number of carbonyl (C=O) groups excluding carboxylic acids is 1. The van der Waals surface area contributed by atoms with Crippen molar-refractivity contribution in [2.75, 3.05) is 59.5 Å². The third-order valence-corrected chi connectivity index (χ3v) is 10.3. The Kier molecular flexibility index (Phi) is 33.2. The summed E-state index contributed by atoms with van der Waals surface area (Å²) in [5.74, 6) is -0.156. The third kappa shape index (κ3) is 31.0. The van der Waals surface area contributed by atoms with E-state index in [9.17, 15) is 9.59 Å². The van der Waals surface area contributed by atoms with E-state index in [-0.39, 0.29) is 25.1 Å². The first-order chi connectivity index (χ1) is 28.1. The fourth-order valence-corrected chi connectivity index (χ4v) is 6.87. The molecule has 0 saturated carbocycles. The zero-order chi connectivity index (χ0) is 40.7. The molecule has 1 atom stereocenters. The molecule has 0 heterocycles. The Hall–Kier alpha value is -2.72. The van der Waals surface area contributed by atoms with Gasteiger partial charge in [0.15, 0.2) is 0 Å². The highest BCUT2D eigenvalue weighted by atomic mass is 16.6. The molecule has 0 aliphatic rings. The fraction of sp³-hybridized carbons (Fsp3) is 0.750. The number of carboxylic acids is 1. The number of esters is 1. The molecule has 0 aliphatic carbocycles. The number of unbranched alkanes of at least 4 members (excludes halogenated alkanes) is 20. The Balaban J connectivity index is 1.49. The maximum atomic E-state index is 12.4. The van der Waals surface area contributed by atoms with Crippen molar-refractivity contribution in [2.45, 2.75) is 174 Å². The van der Waals surface area contributed by atoms with E-state index in [0.29, 0.717) is 65.5 Å². The Morgan fingerprint density at radius 1 is 0.526 bits per heavy atom. The first kappa shape index (κ1) is 50.4. The number of carboxylic acid groups (broad SMARTS) is 1. The van der Waals surface area contributed by atoms with Crippen molar-refractivity contribution in [3.8, 4) is 5.75 Å². The monoisotopic (exact) mass is 801 g/mol. The van der Waals surface area contributed by atoms with Gasteiger partial charge in [-0.3, -0.25) is 9.59 Å². The molecule has 2 aromatic rings. The first-order valence-corrected chi connectivity index (χ1v) is 22.9. The Labute approximate surface area is 346 Å². The summed E-state index contributed by atoms with van der Waals surface area (Å²) in [4.78, 5) is 23.1. The van der Waals surface area contributed by atoms with Gasteiger partial charge in [0, 0.05) is 32.5 Å². The molecule has 1 unspecified atom stereocenters. The van der Waals surface area contributed by atoms with Crippen LogP contribution in [0.4, 0.5) is 0 Å². The summed E-state index contributed by atoms with van der Waals surface area (Å²) in [7, 11) is 0. The van der Waals surface area contributed by atoms with Crippen molar-refractivity contribution in [1.29, 1.82) is 0 Å². The predicted octanol–water partition coefficient (Wildman–Crippen LogP) is 12.1. The van der Waals surface area contributed by atoms with E-state index in [1.807, 2.05) is 24.3 Å². The molecule has 326 valence electrons. The second-order valence-corrected chi connectivity index (χ2v) is 15.5. The van der Waals surface area contributed by atoms with E-state index >= 15 is 0 Å². The Bertz CT molecular complexity index is 1220. The maximum absolute atomic E-state index is 12.4. The second-order valence-electron chi connectivity index (χ2n) is 15.5. The number of rotatable bonds is 42. The second kappa shape index (κ2) is 37.5. The molecule has 0 fully saturated rings. The van der Waals surface area contributed by atoms with Crippen molar-refractivity contribution in [3.63, 3.8) is 0 Å². The molecule has 9 nitrogen and oxygen atoms in total. The molecule has 2 rings (SSSR count). The lowest BCUT2D eigenvalue weighted by Gasteiger charge is -2.18. The molecule has 0 aliphatic heterocycles. The zero-order valence-corrected chi connectivity index (χ0v) is 35.9. The number of ether oxygens (including phenoxy) is 6. The Morgan fingerprint density at radius 2 is 1.04 bits per heavy atom. The Morgan fingerprint density at radius 3 is 1.67 bits per heavy atom.